The Labute approximate surface area is 211 Å². The Balaban J connectivity index is 0.00000578. The second kappa shape index (κ2) is 11.6. The van der Waals surface area contributed by atoms with Gasteiger partial charge in [0.15, 0.2) is 0 Å². The molecule has 1 heterocycles. The van der Waals surface area contributed by atoms with Crippen molar-refractivity contribution in [3.8, 4) is 0 Å². The van der Waals surface area contributed by atoms with E-state index < -0.39 is 27.3 Å². The monoisotopic (exact) mass is 535 g/mol. The maximum Gasteiger partial charge on any atom is 0.270 e. The van der Waals surface area contributed by atoms with E-state index in [4.69, 9.17) is 17.3 Å². The van der Waals surface area contributed by atoms with Crippen molar-refractivity contribution in [2.24, 2.45) is 5.73 Å². The zero-order chi connectivity index (χ0) is 25.1. The summed E-state index contributed by atoms with van der Waals surface area (Å²) in [4.78, 5) is 13.1. The van der Waals surface area contributed by atoms with Gasteiger partial charge in [0.25, 0.3) is 5.91 Å². The van der Waals surface area contributed by atoms with E-state index in [1.807, 2.05) is 20.8 Å². The van der Waals surface area contributed by atoms with Gasteiger partial charge in [-0.25, -0.2) is 17.1 Å². The summed E-state index contributed by atoms with van der Waals surface area (Å²) >= 11 is 6.29. The first-order valence-corrected chi connectivity index (χ1v) is 12.1. The Hall–Kier alpha value is -1.98. The van der Waals surface area contributed by atoms with Crippen molar-refractivity contribution < 1.29 is 17.6 Å². The molecule has 1 aromatic heterocycles. The number of carbonyl (C=O) groups is 1. The number of rotatable bonds is 8. The number of nitrogens with one attached hydrogen (secondary N) is 1. The first kappa shape index (κ1) is 30.1. The molecule has 8 nitrogen and oxygen atoms in total. The average Bonchev–Trinajstić information content (AvgIpc) is 2.95. The van der Waals surface area contributed by atoms with Gasteiger partial charge in [-0.2, -0.15) is 5.10 Å². The van der Waals surface area contributed by atoms with Crippen LogP contribution in [0.2, 0.25) is 5.02 Å². The standard InChI is InChI=1S/C22H31ClFN5O3S.ClH/c1-14-17(11-15-7-8-19(18(23)12-15)33(31,32)28(5)6)20(21(30)26-22(2,3)4)29(27-14)13-16(24)9-10-25;/h7-9,12H,10-11,13,25H2,1-6H3,(H,26,30);1H. The number of nitrogens with two attached hydrogens (primary N) is 1. The summed E-state index contributed by atoms with van der Waals surface area (Å²) in [5, 5.41) is 7.35. The fourth-order valence-electron chi connectivity index (χ4n) is 3.20. The Morgan fingerprint density at radius 3 is 2.44 bits per heavy atom. The van der Waals surface area contributed by atoms with Crippen molar-refractivity contribution in [3.05, 3.63) is 57.6 Å². The van der Waals surface area contributed by atoms with E-state index in [1.165, 1.54) is 30.9 Å². The quantitative estimate of drug-likeness (QED) is 0.537. The zero-order valence-corrected chi connectivity index (χ0v) is 22.5. The summed E-state index contributed by atoms with van der Waals surface area (Å²) in [5.74, 6) is -0.894. The number of aromatic nitrogens is 2. The predicted octanol–water partition coefficient (Wildman–Crippen LogP) is 3.45. The molecule has 1 aromatic carbocycles. The highest BCUT2D eigenvalue weighted by atomic mass is 35.5. The summed E-state index contributed by atoms with van der Waals surface area (Å²) in [6.45, 7) is 7.07. The van der Waals surface area contributed by atoms with E-state index in [2.05, 4.69) is 10.4 Å². The highest BCUT2D eigenvalue weighted by molar-refractivity contribution is 7.89. The molecule has 1 amide bonds. The molecule has 0 aliphatic heterocycles. The number of benzene rings is 1. The van der Waals surface area contributed by atoms with Crippen molar-refractivity contribution in [2.75, 3.05) is 20.6 Å². The summed E-state index contributed by atoms with van der Waals surface area (Å²) < 4.78 is 41.5. The van der Waals surface area contributed by atoms with Crippen molar-refractivity contribution >= 4 is 39.9 Å². The molecule has 0 aliphatic carbocycles. The highest BCUT2D eigenvalue weighted by Gasteiger charge is 2.26. The largest absolute Gasteiger partial charge is 0.346 e. The highest BCUT2D eigenvalue weighted by Crippen LogP contribution is 2.27. The van der Waals surface area contributed by atoms with E-state index in [0.29, 0.717) is 16.8 Å². The van der Waals surface area contributed by atoms with Gasteiger partial charge >= 0.3 is 0 Å². The summed E-state index contributed by atoms with van der Waals surface area (Å²) in [6, 6.07) is 4.62. The fourth-order valence-corrected chi connectivity index (χ4v) is 4.63. The minimum Gasteiger partial charge on any atom is -0.346 e. The molecule has 0 radical (unpaired) electrons. The van der Waals surface area contributed by atoms with Crippen LogP contribution in [0.4, 0.5) is 4.39 Å². The molecule has 34 heavy (non-hydrogen) atoms. The van der Waals surface area contributed by atoms with Gasteiger partial charge in [-0.05, 0) is 51.5 Å². The van der Waals surface area contributed by atoms with Gasteiger partial charge in [0, 0.05) is 38.2 Å². The van der Waals surface area contributed by atoms with E-state index in [-0.39, 0.29) is 47.5 Å². The molecule has 0 saturated carbocycles. The Bertz CT molecular complexity index is 1170. The fraction of sp³-hybridized carbons (Fsp3) is 0.455. The first-order valence-electron chi connectivity index (χ1n) is 10.3. The number of hydrogen-bond donors (Lipinski definition) is 2. The zero-order valence-electron chi connectivity index (χ0n) is 20.1. The molecule has 0 unspecified atom stereocenters. The minimum absolute atomic E-state index is 0. The van der Waals surface area contributed by atoms with Crippen LogP contribution in [-0.2, 0) is 23.0 Å². The third-order valence-electron chi connectivity index (χ3n) is 4.73. The SMILES string of the molecule is Cc1nn(CC(F)=CCN)c(C(=O)NC(C)(C)C)c1Cc1ccc(S(=O)(=O)N(C)C)c(Cl)c1.Cl. The Morgan fingerprint density at radius 1 is 1.32 bits per heavy atom. The number of amides is 1. The van der Waals surface area contributed by atoms with Crippen LogP contribution in [0.3, 0.4) is 0 Å². The van der Waals surface area contributed by atoms with Gasteiger partial charge in [0.1, 0.15) is 16.4 Å². The van der Waals surface area contributed by atoms with Crippen LogP contribution in [0.15, 0.2) is 35.0 Å². The van der Waals surface area contributed by atoms with Crippen LogP contribution >= 0.6 is 24.0 Å². The second-order valence-corrected chi connectivity index (χ2v) is 11.4. The summed E-state index contributed by atoms with van der Waals surface area (Å²) in [5.41, 5.74) is 6.93. The minimum atomic E-state index is -3.70. The van der Waals surface area contributed by atoms with Crippen LogP contribution in [0.1, 0.15) is 48.1 Å². The number of carbonyl (C=O) groups excluding carboxylic acids is 1. The summed E-state index contributed by atoms with van der Waals surface area (Å²) in [7, 11) is -0.847. The van der Waals surface area contributed by atoms with Crippen LogP contribution in [0.5, 0.6) is 0 Å². The molecule has 0 aliphatic rings. The van der Waals surface area contributed by atoms with E-state index in [0.717, 1.165) is 4.31 Å². The average molecular weight is 537 g/mol. The molecular weight excluding hydrogens is 504 g/mol. The number of halogens is 3. The maximum atomic E-state index is 14.2. The second-order valence-electron chi connectivity index (χ2n) is 8.89. The number of nitrogens with zero attached hydrogens (tertiary/aromatic N) is 3. The van der Waals surface area contributed by atoms with Crippen LogP contribution < -0.4 is 11.1 Å². The molecule has 3 N–H and O–H groups in total. The van der Waals surface area contributed by atoms with Crippen molar-refractivity contribution in [1.29, 1.82) is 0 Å². The molecule has 0 fully saturated rings. The van der Waals surface area contributed by atoms with Gasteiger partial charge < -0.3 is 11.1 Å². The van der Waals surface area contributed by atoms with Crippen molar-refractivity contribution in [2.45, 2.75) is 51.1 Å². The van der Waals surface area contributed by atoms with Crippen molar-refractivity contribution in [3.63, 3.8) is 0 Å². The van der Waals surface area contributed by atoms with Crippen LogP contribution in [-0.4, -0.2) is 54.6 Å². The van der Waals surface area contributed by atoms with Crippen LogP contribution in [0.25, 0.3) is 0 Å². The molecule has 2 rings (SSSR count). The van der Waals surface area contributed by atoms with Gasteiger partial charge in [0.05, 0.1) is 17.3 Å². The predicted molar refractivity (Wildman–Crippen MR) is 135 cm³/mol. The molecule has 0 bridgehead atoms. The molecule has 0 spiro atoms. The van der Waals surface area contributed by atoms with Gasteiger partial charge in [-0.15, -0.1) is 12.4 Å². The Kier molecular flexibility index (Phi) is 10.3. The van der Waals surface area contributed by atoms with E-state index in [9.17, 15) is 17.6 Å². The molecule has 2 aromatic rings. The number of sulfonamides is 1. The normalized spacial score (nSPS) is 12.6. The van der Waals surface area contributed by atoms with E-state index in [1.54, 1.807) is 19.1 Å². The Morgan fingerprint density at radius 2 is 1.94 bits per heavy atom. The van der Waals surface area contributed by atoms with Gasteiger partial charge in [0.2, 0.25) is 10.0 Å². The lowest BCUT2D eigenvalue weighted by Gasteiger charge is -2.21. The molecule has 0 atom stereocenters. The first-order chi connectivity index (χ1) is 15.2. The van der Waals surface area contributed by atoms with Crippen LogP contribution in [0, 0.1) is 6.92 Å². The smallest absolute Gasteiger partial charge is 0.270 e. The lowest BCUT2D eigenvalue weighted by atomic mass is 10.0. The molecule has 0 saturated heterocycles. The lowest BCUT2D eigenvalue weighted by Crippen LogP contribution is -2.42. The third kappa shape index (κ3) is 7.26. The molecule has 12 heteroatoms. The third-order valence-corrected chi connectivity index (χ3v) is 7.03. The molecule has 190 valence electrons. The van der Waals surface area contributed by atoms with Crippen molar-refractivity contribution in [1.82, 2.24) is 19.4 Å². The number of aryl methyl sites for hydroxylation is 1. The van der Waals surface area contributed by atoms with Gasteiger partial charge in [-0.1, -0.05) is 17.7 Å². The topological polar surface area (TPSA) is 110 Å². The number of hydrogen-bond acceptors (Lipinski definition) is 5. The maximum absolute atomic E-state index is 14.2. The number of allylic oxidation sites excluding steroid dienone is 1. The summed E-state index contributed by atoms with van der Waals surface area (Å²) in [6.07, 6.45) is 1.48. The molecular formula is C22H32Cl2FN5O3S. The van der Waals surface area contributed by atoms with Gasteiger partial charge in [-0.3, -0.25) is 9.48 Å². The lowest BCUT2D eigenvalue weighted by molar-refractivity contribution is 0.0907. The van der Waals surface area contributed by atoms with E-state index >= 15 is 0 Å².